The number of hydrogen-bond donors (Lipinski definition) is 1. The predicted molar refractivity (Wildman–Crippen MR) is 57.7 cm³/mol. The first-order chi connectivity index (χ1) is 7.27. The summed E-state index contributed by atoms with van der Waals surface area (Å²) in [5, 5.41) is 12.9. The second kappa shape index (κ2) is 5.57. The highest BCUT2D eigenvalue weighted by Gasteiger charge is 1.98. The molecule has 1 aromatic rings. The Morgan fingerprint density at radius 3 is 3.00 bits per heavy atom. The molecule has 15 heavy (non-hydrogen) atoms. The lowest BCUT2D eigenvalue weighted by Gasteiger charge is -2.02. The van der Waals surface area contributed by atoms with Gasteiger partial charge >= 0.3 is 0 Å². The van der Waals surface area contributed by atoms with Gasteiger partial charge in [0.05, 0.1) is 7.11 Å². The molecule has 0 saturated heterocycles. The van der Waals surface area contributed by atoms with E-state index in [9.17, 15) is 5.11 Å². The van der Waals surface area contributed by atoms with E-state index < -0.39 is 0 Å². The van der Waals surface area contributed by atoms with E-state index in [4.69, 9.17) is 10.3 Å². The number of aromatic hydroxyl groups is 1. The zero-order chi connectivity index (χ0) is 11.1. The van der Waals surface area contributed by atoms with Crippen molar-refractivity contribution in [1.29, 1.82) is 0 Å². The van der Waals surface area contributed by atoms with Crippen LogP contribution in [0.1, 0.15) is 5.56 Å². The van der Waals surface area contributed by atoms with E-state index in [1.54, 1.807) is 24.3 Å². The number of phenolic OH excluding ortho intramolecular Hbond substituents is 1. The first kappa shape index (κ1) is 10.9. The molecule has 1 N–H and O–H groups in total. The number of rotatable bonds is 4. The topological polar surface area (TPSA) is 78.2 Å². The molecule has 0 bridgehead atoms. The molecule has 0 aromatic heterocycles. The van der Waals surface area contributed by atoms with Gasteiger partial charge in [-0.05, 0) is 17.7 Å². The van der Waals surface area contributed by atoms with Gasteiger partial charge in [-0.25, -0.2) is 0 Å². The summed E-state index contributed by atoms with van der Waals surface area (Å²) in [6.07, 6.45) is 3.35. The number of methoxy groups -OCH3 is 1. The van der Waals surface area contributed by atoms with Crippen molar-refractivity contribution >= 4 is 6.08 Å². The minimum atomic E-state index is 0.131. The maximum absolute atomic E-state index is 9.54. The van der Waals surface area contributed by atoms with Crippen molar-refractivity contribution < 1.29 is 9.84 Å². The molecule has 0 unspecified atom stereocenters. The van der Waals surface area contributed by atoms with Gasteiger partial charge in [-0.15, -0.1) is 0 Å². The number of hydrogen-bond acceptors (Lipinski definition) is 3. The molecule has 1 aromatic carbocycles. The number of azide groups is 1. The van der Waals surface area contributed by atoms with E-state index in [2.05, 4.69) is 10.0 Å². The fourth-order valence-corrected chi connectivity index (χ4v) is 1.05. The smallest absolute Gasteiger partial charge is 0.126 e. The summed E-state index contributed by atoms with van der Waals surface area (Å²) in [5.41, 5.74) is 8.70. The van der Waals surface area contributed by atoms with Crippen LogP contribution in [0.15, 0.2) is 29.4 Å². The van der Waals surface area contributed by atoms with Gasteiger partial charge in [0.2, 0.25) is 0 Å². The normalized spacial score (nSPS) is 9.93. The fraction of sp³-hybridized carbons (Fsp3) is 0.200. The summed E-state index contributed by atoms with van der Waals surface area (Å²) in [6, 6.07) is 4.99. The SMILES string of the molecule is COc1ccc(C=CCN=[N+]=[N-])c(O)c1. The molecular weight excluding hydrogens is 194 g/mol. The molecule has 0 atom stereocenters. The molecule has 5 nitrogen and oxygen atoms in total. The maximum Gasteiger partial charge on any atom is 0.126 e. The highest BCUT2D eigenvalue weighted by atomic mass is 16.5. The summed E-state index contributed by atoms with van der Waals surface area (Å²) in [5.74, 6) is 0.728. The van der Waals surface area contributed by atoms with E-state index in [0.29, 0.717) is 11.3 Å². The Morgan fingerprint density at radius 1 is 1.60 bits per heavy atom. The number of benzene rings is 1. The van der Waals surface area contributed by atoms with Crippen LogP contribution in [0.2, 0.25) is 0 Å². The van der Waals surface area contributed by atoms with Crippen molar-refractivity contribution in [3.8, 4) is 11.5 Å². The summed E-state index contributed by atoms with van der Waals surface area (Å²) < 4.78 is 4.94. The summed E-state index contributed by atoms with van der Waals surface area (Å²) in [4.78, 5) is 2.61. The highest BCUT2D eigenvalue weighted by Crippen LogP contribution is 2.24. The first-order valence-electron chi connectivity index (χ1n) is 4.32. The number of ether oxygens (including phenoxy) is 1. The van der Waals surface area contributed by atoms with E-state index in [0.717, 1.165) is 0 Å². The third kappa shape index (κ3) is 3.25. The van der Waals surface area contributed by atoms with Crippen LogP contribution in [0.4, 0.5) is 0 Å². The molecular formula is C10H11N3O2. The van der Waals surface area contributed by atoms with Crippen molar-refractivity contribution in [2.45, 2.75) is 0 Å². The molecule has 0 spiro atoms. The van der Waals surface area contributed by atoms with Gasteiger partial charge < -0.3 is 9.84 Å². The van der Waals surface area contributed by atoms with Gasteiger partial charge in [-0.1, -0.05) is 17.3 Å². The second-order valence-electron chi connectivity index (χ2n) is 2.74. The molecule has 5 heteroatoms. The molecule has 0 aliphatic rings. The molecule has 0 aliphatic heterocycles. The molecule has 0 saturated carbocycles. The maximum atomic E-state index is 9.54. The van der Waals surface area contributed by atoms with Gasteiger partial charge in [-0.3, -0.25) is 0 Å². The van der Waals surface area contributed by atoms with Crippen LogP contribution in [-0.2, 0) is 0 Å². The molecule has 0 aliphatic carbocycles. The average Bonchev–Trinajstić information content (AvgIpc) is 2.26. The van der Waals surface area contributed by atoms with Gasteiger partial charge in [-0.2, -0.15) is 0 Å². The van der Waals surface area contributed by atoms with Gasteiger partial charge in [0.15, 0.2) is 0 Å². The van der Waals surface area contributed by atoms with E-state index in [-0.39, 0.29) is 12.3 Å². The standard InChI is InChI=1S/C10H11N3O2/c1-15-9-5-4-8(10(14)7-9)3-2-6-12-13-11/h2-5,7,14H,6H2,1H3. The van der Waals surface area contributed by atoms with Crippen molar-refractivity contribution in [2.24, 2.45) is 5.11 Å². The Hall–Kier alpha value is -2.13. The Labute approximate surface area is 87.2 Å². The van der Waals surface area contributed by atoms with Crippen molar-refractivity contribution in [3.63, 3.8) is 0 Å². The van der Waals surface area contributed by atoms with Crippen molar-refractivity contribution in [3.05, 3.63) is 40.3 Å². The molecule has 78 valence electrons. The van der Waals surface area contributed by atoms with Crippen molar-refractivity contribution in [2.75, 3.05) is 13.7 Å². The van der Waals surface area contributed by atoms with E-state index in [1.807, 2.05) is 0 Å². The van der Waals surface area contributed by atoms with Crippen LogP contribution in [0, 0.1) is 0 Å². The van der Waals surface area contributed by atoms with Gasteiger partial charge in [0, 0.05) is 23.1 Å². The third-order valence-electron chi connectivity index (χ3n) is 1.79. The zero-order valence-corrected chi connectivity index (χ0v) is 8.29. The summed E-state index contributed by atoms with van der Waals surface area (Å²) in [6.45, 7) is 0.266. The minimum Gasteiger partial charge on any atom is -0.507 e. The average molecular weight is 205 g/mol. The third-order valence-corrected chi connectivity index (χ3v) is 1.79. The Balaban J connectivity index is 2.77. The number of phenols is 1. The van der Waals surface area contributed by atoms with Crippen LogP contribution in [0.25, 0.3) is 16.5 Å². The molecule has 0 fully saturated rings. The molecule has 0 radical (unpaired) electrons. The van der Waals surface area contributed by atoms with E-state index in [1.165, 1.54) is 13.2 Å². The van der Waals surface area contributed by atoms with Crippen LogP contribution in [0.5, 0.6) is 11.5 Å². The summed E-state index contributed by atoms with van der Waals surface area (Å²) >= 11 is 0. The van der Waals surface area contributed by atoms with Crippen LogP contribution >= 0.6 is 0 Å². The Morgan fingerprint density at radius 2 is 2.40 bits per heavy atom. The lowest BCUT2D eigenvalue weighted by Crippen LogP contribution is -1.83. The Bertz CT molecular complexity index is 409. The zero-order valence-electron chi connectivity index (χ0n) is 8.29. The summed E-state index contributed by atoms with van der Waals surface area (Å²) in [7, 11) is 1.53. The quantitative estimate of drug-likeness (QED) is 0.466. The predicted octanol–water partition coefficient (Wildman–Crippen LogP) is 2.72. The highest BCUT2D eigenvalue weighted by molar-refractivity contribution is 5.58. The lowest BCUT2D eigenvalue weighted by molar-refractivity contribution is 0.407. The van der Waals surface area contributed by atoms with Crippen LogP contribution < -0.4 is 4.74 Å². The molecule has 0 amide bonds. The monoisotopic (exact) mass is 205 g/mol. The second-order valence-corrected chi connectivity index (χ2v) is 2.74. The molecule has 0 heterocycles. The largest absolute Gasteiger partial charge is 0.507 e. The Kier molecular flexibility index (Phi) is 4.06. The van der Waals surface area contributed by atoms with Crippen LogP contribution in [-0.4, -0.2) is 18.8 Å². The van der Waals surface area contributed by atoms with Gasteiger partial charge in [0.1, 0.15) is 11.5 Å². The van der Waals surface area contributed by atoms with Crippen LogP contribution in [0.3, 0.4) is 0 Å². The van der Waals surface area contributed by atoms with Crippen molar-refractivity contribution in [1.82, 2.24) is 0 Å². The van der Waals surface area contributed by atoms with E-state index >= 15 is 0 Å². The first-order valence-corrected chi connectivity index (χ1v) is 4.32. The minimum absolute atomic E-state index is 0.131. The van der Waals surface area contributed by atoms with Gasteiger partial charge in [0.25, 0.3) is 0 Å². The lowest BCUT2D eigenvalue weighted by atomic mass is 10.2. The molecule has 1 rings (SSSR count). The fourth-order valence-electron chi connectivity index (χ4n) is 1.05. The number of nitrogens with zero attached hydrogens (tertiary/aromatic N) is 3.